The molecule has 4 heteroatoms. The van der Waals surface area contributed by atoms with Gasteiger partial charge in [-0.1, -0.05) is 12.8 Å². The summed E-state index contributed by atoms with van der Waals surface area (Å²) in [6.45, 7) is 2.17. The first-order valence-corrected chi connectivity index (χ1v) is 6.62. The Hall–Kier alpha value is -0.480. The van der Waals surface area contributed by atoms with Crippen molar-refractivity contribution in [2.45, 2.75) is 32.2 Å². The SMILES string of the molecule is CN(CCCCCCS)Cc1cnn(C)c1. The van der Waals surface area contributed by atoms with Gasteiger partial charge in [-0.15, -0.1) is 0 Å². The molecule has 0 aliphatic carbocycles. The number of hydrogen-bond donors (Lipinski definition) is 1. The zero-order valence-electron chi connectivity index (χ0n) is 10.4. The van der Waals surface area contributed by atoms with Gasteiger partial charge < -0.3 is 4.90 Å². The largest absolute Gasteiger partial charge is 0.302 e. The Morgan fingerprint density at radius 2 is 2.06 bits per heavy atom. The minimum Gasteiger partial charge on any atom is -0.302 e. The second-order valence-corrected chi connectivity index (χ2v) is 4.85. The Balaban J connectivity index is 2.09. The zero-order valence-corrected chi connectivity index (χ0v) is 11.3. The summed E-state index contributed by atoms with van der Waals surface area (Å²) in [5.74, 6) is 1.02. The van der Waals surface area contributed by atoms with Gasteiger partial charge in [-0.3, -0.25) is 4.68 Å². The third-order valence-electron chi connectivity index (χ3n) is 2.66. The molecule has 0 saturated carbocycles. The molecule has 0 radical (unpaired) electrons. The first kappa shape index (κ1) is 13.6. The first-order chi connectivity index (χ1) is 7.72. The predicted molar refractivity (Wildman–Crippen MR) is 71.9 cm³/mol. The molecule has 3 nitrogen and oxygen atoms in total. The van der Waals surface area contributed by atoms with E-state index in [4.69, 9.17) is 0 Å². The van der Waals surface area contributed by atoms with Gasteiger partial charge >= 0.3 is 0 Å². The van der Waals surface area contributed by atoms with Crippen molar-refractivity contribution in [3.05, 3.63) is 18.0 Å². The molecule has 0 saturated heterocycles. The highest BCUT2D eigenvalue weighted by Crippen LogP contribution is 2.05. The molecule has 0 aromatic carbocycles. The summed E-state index contributed by atoms with van der Waals surface area (Å²) < 4.78 is 1.86. The molecular formula is C12H23N3S. The number of hydrogen-bond acceptors (Lipinski definition) is 3. The van der Waals surface area contributed by atoms with Crippen LogP contribution in [-0.4, -0.2) is 34.0 Å². The molecule has 1 aromatic rings. The number of unbranched alkanes of at least 4 members (excludes halogenated alkanes) is 3. The van der Waals surface area contributed by atoms with Crippen LogP contribution in [0.3, 0.4) is 0 Å². The quantitative estimate of drug-likeness (QED) is 0.557. The minimum absolute atomic E-state index is 1.00. The van der Waals surface area contributed by atoms with Crippen molar-refractivity contribution < 1.29 is 0 Å². The van der Waals surface area contributed by atoms with Crippen LogP contribution in [0.4, 0.5) is 0 Å². The molecule has 92 valence electrons. The Morgan fingerprint density at radius 3 is 2.69 bits per heavy atom. The van der Waals surface area contributed by atoms with E-state index in [-0.39, 0.29) is 0 Å². The molecule has 1 aromatic heterocycles. The maximum absolute atomic E-state index is 4.21. The summed E-state index contributed by atoms with van der Waals surface area (Å²) in [6, 6.07) is 0. The molecular weight excluding hydrogens is 218 g/mol. The van der Waals surface area contributed by atoms with E-state index in [0.717, 1.165) is 12.3 Å². The summed E-state index contributed by atoms with van der Waals surface area (Å²) in [5.41, 5.74) is 1.29. The Bertz CT molecular complexity index is 286. The summed E-state index contributed by atoms with van der Waals surface area (Å²) >= 11 is 4.21. The topological polar surface area (TPSA) is 21.1 Å². The van der Waals surface area contributed by atoms with Crippen molar-refractivity contribution >= 4 is 12.6 Å². The lowest BCUT2D eigenvalue weighted by atomic mass is 10.2. The summed E-state index contributed by atoms with van der Waals surface area (Å²) in [6.07, 6.45) is 9.18. The third-order valence-corrected chi connectivity index (χ3v) is 2.98. The number of aromatic nitrogens is 2. The normalized spacial score (nSPS) is 11.2. The van der Waals surface area contributed by atoms with Gasteiger partial charge in [0.1, 0.15) is 0 Å². The summed E-state index contributed by atoms with van der Waals surface area (Å²) in [5, 5.41) is 4.17. The second kappa shape index (κ2) is 7.74. The van der Waals surface area contributed by atoms with E-state index in [0.29, 0.717) is 0 Å². The lowest BCUT2D eigenvalue weighted by molar-refractivity contribution is 0.317. The number of nitrogens with zero attached hydrogens (tertiary/aromatic N) is 3. The molecule has 0 aliphatic heterocycles. The Kier molecular flexibility index (Phi) is 6.57. The second-order valence-electron chi connectivity index (χ2n) is 4.40. The molecule has 0 amide bonds. The molecule has 16 heavy (non-hydrogen) atoms. The van der Waals surface area contributed by atoms with Crippen molar-refractivity contribution in [3.63, 3.8) is 0 Å². The van der Waals surface area contributed by atoms with Crippen LogP contribution in [0.5, 0.6) is 0 Å². The molecule has 0 aliphatic rings. The number of rotatable bonds is 8. The lowest BCUT2D eigenvalue weighted by Gasteiger charge is -2.15. The molecule has 0 atom stereocenters. The smallest absolute Gasteiger partial charge is 0.0534 e. The zero-order chi connectivity index (χ0) is 11.8. The van der Waals surface area contributed by atoms with Crippen LogP contribution < -0.4 is 0 Å². The highest BCUT2D eigenvalue weighted by atomic mass is 32.1. The highest BCUT2D eigenvalue weighted by molar-refractivity contribution is 7.80. The van der Waals surface area contributed by atoms with Crippen LogP contribution in [-0.2, 0) is 13.6 Å². The van der Waals surface area contributed by atoms with Crippen molar-refractivity contribution in [2.24, 2.45) is 7.05 Å². The van der Waals surface area contributed by atoms with Crippen LogP contribution in [0.1, 0.15) is 31.2 Å². The molecule has 1 heterocycles. The fourth-order valence-corrected chi connectivity index (χ4v) is 2.01. The first-order valence-electron chi connectivity index (χ1n) is 5.99. The van der Waals surface area contributed by atoms with Crippen LogP contribution in [0.25, 0.3) is 0 Å². The lowest BCUT2D eigenvalue weighted by Crippen LogP contribution is -2.18. The van der Waals surface area contributed by atoms with Gasteiger partial charge in [0.15, 0.2) is 0 Å². The van der Waals surface area contributed by atoms with Gasteiger partial charge in [0, 0.05) is 25.4 Å². The fraction of sp³-hybridized carbons (Fsp3) is 0.750. The summed E-state index contributed by atoms with van der Waals surface area (Å²) in [7, 11) is 4.13. The van der Waals surface area contributed by atoms with E-state index in [1.54, 1.807) is 0 Å². The monoisotopic (exact) mass is 241 g/mol. The van der Waals surface area contributed by atoms with E-state index < -0.39 is 0 Å². The van der Waals surface area contributed by atoms with Crippen molar-refractivity contribution in [1.29, 1.82) is 0 Å². The van der Waals surface area contributed by atoms with Crippen LogP contribution in [0, 0.1) is 0 Å². The number of thiol groups is 1. The average Bonchev–Trinajstić information content (AvgIpc) is 2.63. The van der Waals surface area contributed by atoms with E-state index in [2.05, 4.69) is 35.9 Å². The van der Waals surface area contributed by atoms with Gasteiger partial charge in [0.2, 0.25) is 0 Å². The van der Waals surface area contributed by atoms with Crippen LogP contribution in [0.2, 0.25) is 0 Å². The summed E-state index contributed by atoms with van der Waals surface area (Å²) in [4.78, 5) is 2.36. The van der Waals surface area contributed by atoms with E-state index in [9.17, 15) is 0 Å². The van der Waals surface area contributed by atoms with Crippen molar-refractivity contribution in [1.82, 2.24) is 14.7 Å². The fourth-order valence-electron chi connectivity index (χ4n) is 1.79. The van der Waals surface area contributed by atoms with E-state index in [1.807, 2.05) is 17.9 Å². The highest BCUT2D eigenvalue weighted by Gasteiger charge is 2.01. The standard InChI is InChI=1S/C12H23N3S/c1-14(7-5-3-4-6-8-16)10-12-9-13-15(2)11-12/h9,11,16H,3-8,10H2,1-2H3. The van der Waals surface area contributed by atoms with E-state index in [1.165, 1.54) is 37.8 Å². The third kappa shape index (κ3) is 5.56. The molecule has 0 N–H and O–H groups in total. The Labute approximate surface area is 104 Å². The number of aryl methyl sites for hydroxylation is 1. The van der Waals surface area contributed by atoms with Crippen LogP contribution in [0.15, 0.2) is 12.4 Å². The van der Waals surface area contributed by atoms with Gasteiger partial charge in [0.25, 0.3) is 0 Å². The van der Waals surface area contributed by atoms with Gasteiger partial charge in [-0.05, 0) is 32.2 Å². The Morgan fingerprint density at radius 1 is 1.31 bits per heavy atom. The van der Waals surface area contributed by atoms with Gasteiger partial charge in [-0.25, -0.2) is 0 Å². The molecule has 0 spiro atoms. The molecule has 0 unspecified atom stereocenters. The van der Waals surface area contributed by atoms with Crippen molar-refractivity contribution in [2.75, 3.05) is 19.3 Å². The maximum atomic E-state index is 4.21. The van der Waals surface area contributed by atoms with E-state index >= 15 is 0 Å². The molecule has 0 fully saturated rings. The van der Waals surface area contributed by atoms with Crippen molar-refractivity contribution in [3.8, 4) is 0 Å². The van der Waals surface area contributed by atoms with Gasteiger partial charge in [0.05, 0.1) is 6.20 Å². The maximum Gasteiger partial charge on any atom is 0.0534 e. The van der Waals surface area contributed by atoms with Crippen LogP contribution >= 0.6 is 12.6 Å². The minimum atomic E-state index is 1.00. The predicted octanol–water partition coefficient (Wildman–Crippen LogP) is 2.34. The average molecular weight is 241 g/mol. The van der Waals surface area contributed by atoms with Gasteiger partial charge in [-0.2, -0.15) is 17.7 Å². The molecule has 0 bridgehead atoms. The molecule has 1 rings (SSSR count).